The lowest BCUT2D eigenvalue weighted by Crippen LogP contribution is -2.28. The molecule has 0 spiro atoms. The number of aryl methyl sites for hydroxylation is 1. The molecular formula is C12H18ClN3O. The summed E-state index contributed by atoms with van der Waals surface area (Å²) in [7, 11) is 1.68. The third kappa shape index (κ3) is 3.07. The van der Waals surface area contributed by atoms with Crippen LogP contribution in [0.3, 0.4) is 0 Å². The molecule has 17 heavy (non-hydrogen) atoms. The van der Waals surface area contributed by atoms with Gasteiger partial charge in [0.15, 0.2) is 0 Å². The molecule has 0 saturated heterocycles. The highest BCUT2D eigenvalue weighted by Crippen LogP contribution is 2.24. The van der Waals surface area contributed by atoms with Gasteiger partial charge in [-0.2, -0.15) is 0 Å². The zero-order valence-electron chi connectivity index (χ0n) is 10.1. The molecular weight excluding hydrogens is 238 g/mol. The lowest BCUT2D eigenvalue weighted by molar-refractivity contribution is 0.191. The van der Waals surface area contributed by atoms with E-state index >= 15 is 0 Å². The average Bonchev–Trinajstić information content (AvgIpc) is 2.38. The Hall–Kier alpha value is -0.870. The molecule has 0 aromatic carbocycles. The van der Waals surface area contributed by atoms with Crippen LogP contribution in [0.25, 0.3) is 0 Å². The van der Waals surface area contributed by atoms with E-state index in [9.17, 15) is 0 Å². The van der Waals surface area contributed by atoms with Crippen molar-refractivity contribution in [1.29, 1.82) is 0 Å². The van der Waals surface area contributed by atoms with Gasteiger partial charge < -0.3 is 10.1 Å². The van der Waals surface area contributed by atoms with E-state index in [1.54, 1.807) is 13.4 Å². The van der Waals surface area contributed by atoms with E-state index in [4.69, 9.17) is 16.3 Å². The fourth-order valence-electron chi connectivity index (χ4n) is 2.16. The summed E-state index contributed by atoms with van der Waals surface area (Å²) >= 11 is 5.89. The number of ether oxygens (including phenoxy) is 1. The minimum atomic E-state index is 0.0996. The number of hydrogen-bond donors (Lipinski definition) is 1. The zero-order valence-corrected chi connectivity index (χ0v) is 10.8. The average molecular weight is 256 g/mol. The van der Waals surface area contributed by atoms with Crippen LogP contribution in [-0.4, -0.2) is 35.6 Å². The minimum absolute atomic E-state index is 0.0996. The molecule has 5 heteroatoms. The highest BCUT2D eigenvalue weighted by Gasteiger charge is 2.17. The van der Waals surface area contributed by atoms with Gasteiger partial charge in [0.05, 0.1) is 12.6 Å². The van der Waals surface area contributed by atoms with Gasteiger partial charge in [0, 0.05) is 24.2 Å². The van der Waals surface area contributed by atoms with Crippen LogP contribution >= 0.6 is 11.6 Å². The lowest BCUT2D eigenvalue weighted by Gasteiger charge is -2.21. The number of fused-ring (bicyclic) bond motifs is 1. The predicted molar refractivity (Wildman–Crippen MR) is 68.7 cm³/mol. The van der Waals surface area contributed by atoms with Gasteiger partial charge in [0.2, 0.25) is 0 Å². The third-order valence-corrected chi connectivity index (χ3v) is 3.39. The van der Waals surface area contributed by atoms with Gasteiger partial charge in [-0.15, -0.1) is 11.6 Å². The summed E-state index contributed by atoms with van der Waals surface area (Å²) in [4.78, 5) is 8.67. The molecule has 1 unspecified atom stereocenters. The Bertz CT molecular complexity index is 373. The summed E-state index contributed by atoms with van der Waals surface area (Å²) in [5, 5.41) is 3.35. The number of rotatable bonds is 5. The molecule has 2 rings (SSSR count). The van der Waals surface area contributed by atoms with Gasteiger partial charge >= 0.3 is 0 Å². The lowest BCUT2D eigenvalue weighted by atomic mass is 9.96. The van der Waals surface area contributed by atoms with Crippen LogP contribution in [0.4, 0.5) is 5.82 Å². The van der Waals surface area contributed by atoms with Crippen molar-refractivity contribution in [2.24, 2.45) is 0 Å². The Kier molecular flexibility index (Phi) is 4.57. The predicted octanol–water partition coefficient (Wildman–Crippen LogP) is 2.02. The van der Waals surface area contributed by atoms with Gasteiger partial charge in [-0.3, -0.25) is 0 Å². The topological polar surface area (TPSA) is 47.0 Å². The van der Waals surface area contributed by atoms with Gasteiger partial charge in [-0.25, -0.2) is 9.97 Å². The van der Waals surface area contributed by atoms with Crippen LogP contribution in [-0.2, 0) is 17.6 Å². The summed E-state index contributed by atoms with van der Waals surface area (Å²) in [5.41, 5.74) is 2.43. The number of nitrogens with zero attached hydrogens (tertiary/aromatic N) is 2. The smallest absolute Gasteiger partial charge is 0.133 e. The second kappa shape index (κ2) is 6.17. The van der Waals surface area contributed by atoms with Crippen molar-refractivity contribution in [2.45, 2.75) is 31.7 Å². The summed E-state index contributed by atoms with van der Waals surface area (Å²) in [5.74, 6) is 1.43. The number of methoxy groups -OCH3 is 1. The Labute approximate surface area is 107 Å². The molecule has 94 valence electrons. The molecule has 1 aromatic heterocycles. The van der Waals surface area contributed by atoms with E-state index in [2.05, 4.69) is 15.3 Å². The molecule has 0 bridgehead atoms. The Morgan fingerprint density at radius 2 is 2.24 bits per heavy atom. The molecule has 0 amide bonds. The van der Waals surface area contributed by atoms with E-state index in [0.29, 0.717) is 12.5 Å². The van der Waals surface area contributed by atoms with Crippen LogP contribution in [0.1, 0.15) is 24.1 Å². The molecule has 1 atom stereocenters. The first-order valence-electron chi connectivity index (χ1n) is 5.99. The van der Waals surface area contributed by atoms with Crippen LogP contribution in [0, 0.1) is 0 Å². The monoisotopic (exact) mass is 255 g/mol. The van der Waals surface area contributed by atoms with Gasteiger partial charge in [-0.1, -0.05) is 0 Å². The van der Waals surface area contributed by atoms with Crippen molar-refractivity contribution < 1.29 is 4.74 Å². The van der Waals surface area contributed by atoms with E-state index in [0.717, 1.165) is 18.7 Å². The first-order valence-corrected chi connectivity index (χ1v) is 6.52. The Morgan fingerprint density at radius 3 is 3.00 bits per heavy atom. The number of nitrogens with one attached hydrogen (secondary N) is 1. The fraction of sp³-hybridized carbons (Fsp3) is 0.667. The summed E-state index contributed by atoms with van der Waals surface area (Å²) < 4.78 is 5.12. The molecule has 0 aliphatic heterocycles. The SMILES string of the molecule is COCC(CCl)Nc1ncnc2c1CCCC2. The quantitative estimate of drug-likeness (QED) is 0.818. The van der Waals surface area contributed by atoms with E-state index in [-0.39, 0.29) is 6.04 Å². The second-order valence-corrected chi connectivity index (χ2v) is 4.61. The first kappa shape index (κ1) is 12.6. The Morgan fingerprint density at radius 1 is 1.41 bits per heavy atom. The van der Waals surface area contributed by atoms with Crippen LogP contribution in [0.2, 0.25) is 0 Å². The highest BCUT2D eigenvalue weighted by atomic mass is 35.5. The van der Waals surface area contributed by atoms with Crippen molar-refractivity contribution in [3.05, 3.63) is 17.6 Å². The molecule has 1 aliphatic carbocycles. The maximum atomic E-state index is 5.89. The molecule has 1 N–H and O–H groups in total. The normalized spacial score (nSPS) is 16.4. The largest absolute Gasteiger partial charge is 0.383 e. The summed E-state index contributed by atoms with van der Waals surface area (Å²) in [6, 6.07) is 0.0996. The molecule has 0 fully saturated rings. The molecule has 1 aromatic rings. The van der Waals surface area contributed by atoms with Crippen molar-refractivity contribution in [3.63, 3.8) is 0 Å². The first-order chi connectivity index (χ1) is 8.35. The maximum Gasteiger partial charge on any atom is 0.133 e. The number of alkyl halides is 1. The standard InChI is InChI=1S/C12H18ClN3O/c1-17-7-9(6-13)16-12-10-4-2-3-5-11(10)14-8-15-12/h8-9H,2-7H2,1H3,(H,14,15,16). The minimum Gasteiger partial charge on any atom is -0.383 e. The summed E-state index contributed by atoms with van der Waals surface area (Å²) in [6.07, 6.45) is 6.18. The molecule has 1 aliphatic rings. The summed E-state index contributed by atoms with van der Waals surface area (Å²) in [6.45, 7) is 0.586. The zero-order chi connectivity index (χ0) is 12.1. The third-order valence-electron chi connectivity index (χ3n) is 3.02. The van der Waals surface area contributed by atoms with Crippen molar-refractivity contribution >= 4 is 17.4 Å². The molecule has 1 heterocycles. The van der Waals surface area contributed by atoms with Crippen LogP contribution in [0.5, 0.6) is 0 Å². The number of hydrogen-bond acceptors (Lipinski definition) is 4. The van der Waals surface area contributed by atoms with Crippen molar-refractivity contribution in [2.75, 3.05) is 24.9 Å². The van der Waals surface area contributed by atoms with E-state index in [1.165, 1.54) is 24.1 Å². The van der Waals surface area contributed by atoms with Gasteiger partial charge in [-0.05, 0) is 25.7 Å². The van der Waals surface area contributed by atoms with Gasteiger partial charge in [0.1, 0.15) is 12.1 Å². The number of aromatic nitrogens is 2. The van der Waals surface area contributed by atoms with Crippen molar-refractivity contribution in [3.8, 4) is 0 Å². The number of anilines is 1. The number of halogens is 1. The van der Waals surface area contributed by atoms with Gasteiger partial charge in [0.25, 0.3) is 0 Å². The van der Waals surface area contributed by atoms with E-state index in [1.807, 2.05) is 0 Å². The molecule has 0 radical (unpaired) electrons. The van der Waals surface area contributed by atoms with Crippen LogP contribution in [0.15, 0.2) is 6.33 Å². The second-order valence-electron chi connectivity index (χ2n) is 4.31. The van der Waals surface area contributed by atoms with Crippen molar-refractivity contribution in [1.82, 2.24) is 9.97 Å². The molecule has 0 saturated carbocycles. The maximum absolute atomic E-state index is 5.89. The highest BCUT2D eigenvalue weighted by molar-refractivity contribution is 6.18. The van der Waals surface area contributed by atoms with Crippen LogP contribution < -0.4 is 5.32 Å². The molecule has 4 nitrogen and oxygen atoms in total. The van der Waals surface area contributed by atoms with E-state index < -0.39 is 0 Å². The Balaban J connectivity index is 2.14. The fourth-order valence-corrected chi connectivity index (χ4v) is 2.33.